The molecule has 5 nitrogen and oxygen atoms in total. The quantitative estimate of drug-likeness (QED) is 0.864. The van der Waals surface area contributed by atoms with E-state index in [1.165, 1.54) is 12.1 Å². The number of carboxylic acid groups (broad SMARTS) is 1. The SMILES string of the molecule is O=C(O)CCS(=O)(=O)Nc1ccc(Br)c(F)c1. The zero-order valence-electron chi connectivity index (χ0n) is 8.48. The van der Waals surface area contributed by atoms with Gasteiger partial charge in [-0.2, -0.15) is 0 Å². The topological polar surface area (TPSA) is 83.5 Å². The van der Waals surface area contributed by atoms with Gasteiger partial charge in [0.05, 0.1) is 22.3 Å². The molecule has 0 atom stereocenters. The average Bonchev–Trinajstić information content (AvgIpc) is 2.21. The summed E-state index contributed by atoms with van der Waals surface area (Å²) in [7, 11) is -3.77. The van der Waals surface area contributed by atoms with Crippen LogP contribution >= 0.6 is 15.9 Å². The second-order valence-corrected chi connectivity index (χ2v) is 5.89. The van der Waals surface area contributed by atoms with Crippen molar-refractivity contribution in [3.05, 3.63) is 28.5 Å². The van der Waals surface area contributed by atoms with Gasteiger partial charge >= 0.3 is 5.97 Å². The third-order valence-electron chi connectivity index (χ3n) is 1.78. The average molecular weight is 326 g/mol. The molecule has 0 fully saturated rings. The van der Waals surface area contributed by atoms with E-state index in [0.29, 0.717) is 0 Å². The van der Waals surface area contributed by atoms with Crippen LogP contribution in [0.4, 0.5) is 10.1 Å². The standard InChI is InChI=1S/C9H9BrFNO4S/c10-7-2-1-6(5-8(7)11)12-17(15,16)4-3-9(13)14/h1-2,5,12H,3-4H2,(H,13,14). The van der Waals surface area contributed by atoms with Gasteiger partial charge in [-0.15, -0.1) is 0 Å². The molecule has 0 unspecified atom stereocenters. The summed E-state index contributed by atoms with van der Waals surface area (Å²) in [5, 5.41) is 8.36. The van der Waals surface area contributed by atoms with E-state index in [0.717, 1.165) is 6.07 Å². The van der Waals surface area contributed by atoms with Gasteiger partial charge in [0.25, 0.3) is 0 Å². The summed E-state index contributed by atoms with van der Waals surface area (Å²) in [6.07, 6.45) is -0.506. The molecule has 0 amide bonds. The lowest BCUT2D eigenvalue weighted by Crippen LogP contribution is -2.18. The third kappa shape index (κ3) is 4.70. The van der Waals surface area contributed by atoms with Crippen molar-refractivity contribution in [1.82, 2.24) is 0 Å². The van der Waals surface area contributed by atoms with Crippen LogP contribution in [-0.4, -0.2) is 25.2 Å². The lowest BCUT2D eigenvalue weighted by Gasteiger charge is -2.07. The van der Waals surface area contributed by atoms with Gasteiger partial charge in [-0.05, 0) is 34.1 Å². The van der Waals surface area contributed by atoms with Gasteiger partial charge in [-0.1, -0.05) is 0 Å². The predicted molar refractivity (Wildman–Crippen MR) is 63.8 cm³/mol. The minimum absolute atomic E-state index is 0.0519. The lowest BCUT2D eigenvalue weighted by molar-refractivity contribution is -0.136. The fourth-order valence-corrected chi connectivity index (χ4v) is 2.29. The van der Waals surface area contributed by atoms with Crippen molar-refractivity contribution in [1.29, 1.82) is 0 Å². The minimum atomic E-state index is -3.77. The fraction of sp³-hybridized carbons (Fsp3) is 0.222. The molecule has 94 valence electrons. The second kappa shape index (κ2) is 5.46. The Morgan fingerprint density at radius 3 is 2.65 bits per heavy atom. The highest BCUT2D eigenvalue weighted by Gasteiger charge is 2.13. The summed E-state index contributed by atoms with van der Waals surface area (Å²) in [6, 6.07) is 3.72. The number of hydrogen-bond donors (Lipinski definition) is 2. The Labute approximate surface area is 106 Å². The van der Waals surface area contributed by atoms with Crippen LogP contribution in [0, 0.1) is 5.82 Å². The lowest BCUT2D eigenvalue weighted by atomic mass is 10.3. The first-order valence-corrected chi connectivity index (χ1v) is 6.92. The van der Waals surface area contributed by atoms with E-state index in [-0.39, 0.29) is 10.2 Å². The van der Waals surface area contributed by atoms with Gasteiger partial charge < -0.3 is 5.11 Å². The van der Waals surface area contributed by atoms with Crippen molar-refractivity contribution in [2.24, 2.45) is 0 Å². The Balaban J connectivity index is 2.76. The first-order chi connectivity index (χ1) is 7.80. The first-order valence-electron chi connectivity index (χ1n) is 4.47. The molecule has 0 saturated heterocycles. The fourth-order valence-electron chi connectivity index (χ4n) is 1.01. The van der Waals surface area contributed by atoms with Gasteiger partial charge in [0, 0.05) is 0 Å². The van der Waals surface area contributed by atoms with E-state index in [9.17, 15) is 17.6 Å². The summed E-state index contributed by atoms with van der Waals surface area (Å²) < 4.78 is 38.2. The number of benzene rings is 1. The summed E-state index contributed by atoms with van der Waals surface area (Å²) >= 11 is 2.93. The van der Waals surface area contributed by atoms with Gasteiger partial charge in [-0.25, -0.2) is 12.8 Å². The van der Waals surface area contributed by atoms with Crippen molar-refractivity contribution in [2.75, 3.05) is 10.5 Å². The number of carboxylic acids is 1. The number of hydrogen-bond acceptors (Lipinski definition) is 3. The van der Waals surface area contributed by atoms with E-state index in [1.54, 1.807) is 0 Å². The van der Waals surface area contributed by atoms with Crippen molar-refractivity contribution in [3.63, 3.8) is 0 Å². The number of carbonyl (C=O) groups is 1. The molecular weight excluding hydrogens is 317 g/mol. The van der Waals surface area contributed by atoms with E-state index in [4.69, 9.17) is 5.11 Å². The van der Waals surface area contributed by atoms with Crippen LogP contribution in [0.5, 0.6) is 0 Å². The third-order valence-corrected chi connectivity index (χ3v) is 3.71. The molecule has 1 aromatic rings. The molecule has 0 heterocycles. The smallest absolute Gasteiger partial charge is 0.304 e. The molecule has 2 N–H and O–H groups in total. The number of sulfonamides is 1. The van der Waals surface area contributed by atoms with Gasteiger partial charge in [-0.3, -0.25) is 9.52 Å². The van der Waals surface area contributed by atoms with Crippen LogP contribution in [0.3, 0.4) is 0 Å². The Morgan fingerprint density at radius 2 is 2.12 bits per heavy atom. The largest absolute Gasteiger partial charge is 0.481 e. The van der Waals surface area contributed by atoms with E-state index in [1.807, 2.05) is 0 Å². The zero-order valence-corrected chi connectivity index (χ0v) is 10.9. The summed E-state index contributed by atoms with van der Waals surface area (Å²) in [4.78, 5) is 10.2. The number of nitrogens with one attached hydrogen (secondary N) is 1. The van der Waals surface area contributed by atoms with Crippen molar-refractivity contribution in [2.45, 2.75) is 6.42 Å². The predicted octanol–water partition coefficient (Wildman–Crippen LogP) is 1.80. The summed E-state index contributed by atoms with van der Waals surface area (Å²) in [5.41, 5.74) is 0.0519. The van der Waals surface area contributed by atoms with Gasteiger partial charge in [0.1, 0.15) is 5.82 Å². The van der Waals surface area contributed by atoms with Crippen LogP contribution in [0.25, 0.3) is 0 Å². The Hall–Kier alpha value is -1.15. The maximum absolute atomic E-state index is 13.1. The van der Waals surface area contributed by atoms with Gasteiger partial charge in [0.2, 0.25) is 10.0 Å². The Morgan fingerprint density at radius 1 is 1.47 bits per heavy atom. The van der Waals surface area contributed by atoms with E-state index in [2.05, 4.69) is 20.7 Å². The van der Waals surface area contributed by atoms with Crippen LogP contribution < -0.4 is 4.72 Å². The molecule has 0 spiro atoms. The molecule has 0 aromatic heterocycles. The summed E-state index contributed by atoms with van der Waals surface area (Å²) in [5.74, 6) is -2.37. The molecular formula is C9H9BrFNO4S. The monoisotopic (exact) mass is 325 g/mol. The molecule has 0 aliphatic heterocycles. The minimum Gasteiger partial charge on any atom is -0.481 e. The number of aliphatic carboxylic acids is 1. The van der Waals surface area contributed by atoms with Gasteiger partial charge in [0.15, 0.2) is 0 Å². The van der Waals surface area contributed by atoms with Crippen molar-refractivity contribution >= 4 is 37.6 Å². The van der Waals surface area contributed by atoms with Crippen LogP contribution in [0.15, 0.2) is 22.7 Å². The maximum atomic E-state index is 13.1. The number of rotatable bonds is 5. The highest BCUT2D eigenvalue weighted by Crippen LogP contribution is 2.20. The molecule has 1 aromatic carbocycles. The molecule has 8 heteroatoms. The van der Waals surface area contributed by atoms with Crippen molar-refractivity contribution in [3.8, 4) is 0 Å². The molecule has 1 rings (SSSR count). The van der Waals surface area contributed by atoms with Crippen LogP contribution in [-0.2, 0) is 14.8 Å². The molecule has 0 bridgehead atoms. The Kier molecular flexibility index (Phi) is 4.47. The molecule has 17 heavy (non-hydrogen) atoms. The van der Waals surface area contributed by atoms with E-state index >= 15 is 0 Å². The Bertz CT molecular complexity index is 532. The number of anilines is 1. The van der Waals surface area contributed by atoms with E-state index < -0.39 is 34.0 Å². The normalized spacial score (nSPS) is 11.2. The second-order valence-electron chi connectivity index (χ2n) is 3.19. The summed E-state index contributed by atoms with van der Waals surface area (Å²) in [6.45, 7) is 0. The molecule has 0 aliphatic rings. The highest BCUT2D eigenvalue weighted by molar-refractivity contribution is 9.10. The first kappa shape index (κ1) is 13.9. The van der Waals surface area contributed by atoms with Crippen molar-refractivity contribution < 1.29 is 22.7 Å². The molecule has 0 aliphatic carbocycles. The maximum Gasteiger partial charge on any atom is 0.304 e. The van der Waals surface area contributed by atoms with Crippen LogP contribution in [0.1, 0.15) is 6.42 Å². The number of halogens is 2. The van der Waals surface area contributed by atoms with Crippen LogP contribution in [0.2, 0.25) is 0 Å². The zero-order chi connectivity index (χ0) is 13.1. The molecule has 0 saturated carbocycles. The highest BCUT2D eigenvalue weighted by atomic mass is 79.9. The molecule has 0 radical (unpaired) electrons.